The van der Waals surface area contributed by atoms with Crippen molar-refractivity contribution >= 4 is 11.6 Å². The fraction of sp³-hybridized carbons (Fsp3) is 0.556. The van der Waals surface area contributed by atoms with Gasteiger partial charge in [-0.15, -0.1) is 0 Å². The Labute approximate surface area is 136 Å². The predicted octanol–water partition coefficient (Wildman–Crippen LogP) is 1.96. The molecular weight excluding hydrogens is 288 g/mol. The molecule has 0 saturated carbocycles. The van der Waals surface area contributed by atoms with Gasteiger partial charge in [-0.1, -0.05) is 6.07 Å². The Balaban J connectivity index is 1.49. The third-order valence-corrected chi connectivity index (χ3v) is 5.39. The van der Waals surface area contributed by atoms with Gasteiger partial charge in [-0.2, -0.15) is 0 Å². The van der Waals surface area contributed by atoms with E-state index < -0.39 is 0 Å². The molecule has 0 spiro atoms. The van der Waals surface area contributed by atoms with Gasteiger partial charge < -0.3 is 14.2 Å². The molecule has 2 aliphatic rings. The van der Waals surface area contributed by atoms with Crippen molar-refractivity contribution in [2.24, 2.45) is 0 Å². The Kier molecular flexibility index (Phi) is 3.81. The molecule has 2 fully saturated rings. The Morgan fingerprint density at radius 1 is 1.22 bits per heavy atom. The fourth-order valence-corrected chi connectivity index (χ4v) is 4.25. The van der Waals surface area contributed by atoms with Crippen molar-refractivity contribution in [3.05, 3.63) is 36.3 Å². The summed E-state index contributed by atoms with van der Waals surface area (Å²) >= 11 is 0. The van der Waals surface area contributed by atoms with E-state index in [1.807, 2.05) is 35.0 Å². The summed E-state index contributed by atoms with van der Waals surface area (Å²) in [5, 5.41) is 0. The van der Waals surface area contributed by atoms with Gasteiger partial charge in [0.25, 0.3) is 0 Å². The second-order valence-corrected chi connectivity index (χ2v) is 6.86. The normalized spacial score (nSPS) is 25.5. The minimum absolute atomic E-state index is 0.233. The summed E-state index contributed by atoms with van der Waals surface area (Å²) in [6, 6.07) is 6.86. The van der Waals surface area contributed by atoms with E-state index in [0.717, 1.165) is 37.3 Å². The average Bonchev–Trinajstić information content (AvgIpc) is 3.24. The number of nitrogens with zero attached hydrogens (tertiary/aromatic N) is 4. The summed E-state index contributed by atoms with van der Waals surface area (Å²) in [4.78, 5) is 21.9. The first kappa shape index (κ1) is 14.7. The van der Waals surface area contributed by atoms with Crippen molar-refractivity contribution in [2.45, 2.75) is 44.2 Å². The highest BCUT2D eigenvalue weighted by molar-refractivity contribution is 5.79. The van der Waals surface area contributed by atoms with Crippen LogP contribution in [0.4, 0.5) is 0 Å². The topological polar surface area (TPSA) is 40.9 Å². The Morgan fingerprint density at radius 2 is 2.04 bits per heavy atom. The van der Waals surface area contributed by atoms with Crippen LogP contribution in [0.25, 0.3) is 5.65 Å². The van der Waals surface area contributed by atoms with E-state index in [1.54, 1.807) is 0 Å². The molecule has 0 aliphatic carbocycles. The van der Waals surface area contributed by atoms with Crippen LogP contribution in [0.3, 0.4) is 0 Å². The van der Waals surface area contributed by atoms with Crippen molar-refractivity contribution in [3.8, 4) is 0 Å². The molecule has 2 saturated heterocycles. The molecule has 2 aromatic heterocycles. The number of rotatable bonds is 3. The first-order valence-corrected chi connectivity index (χ1v) is 8.65. The molecule has 0 bridgehead atoms. The van der Waals surface area contributed by atoms with Crippen LogP contribution in [0.15, 0.2) is 30.6 Å². The molecular formula is C18H24N4O. The van der Waals surface area contributed by atoms with E-state index in [4.69, 9.17) is 0 Å². The maximum Gasteiger partial charge on any atom is 0.228 e. The lowest BCUT2D eigenvalue weighted by Gasteiger charge is -2.33. The van der Waals surface area contributed by atoms with Gasteiger partial charge in [-0.05, 0) is 51.4 Å². The van der Waals surface area contributed by atoms with Crippen molar-refractivity contribution in [2.75, 3.05) is 20.1 Å². The number of hydrogen-bond donors (Lipinski definition) is 0. The minimum Gasteiger partial charge on any atom is -0.338 e. The Morgan fingerprint density at radius 3 is 2.83 bits per heavy atom. The second-order valence-electron chi connectivity index (χ2n) is 6.86. The molecule has 2 aliphatic heterocycles. The van der Waals surface area contributed by atoms with Gasteiger partial charge in [-0.25, -0.2) is 4.98 Å². The van der Waals surface area contributed by atoms with Crippen LogP contribution in [0.1, 0.15) is 31.4 Å². The van der Waals surface area contributed by atoms with Gasteiger partial charge in [0.05, 0.1) is 12.1 Å². The molecule has 5 nitrogen and oxygen atoms in total. The lowest BCUT2D eigenvalue weighted by Crippen LogP contribution is -2.47. The van der Waals surface area contributed by atoms with Gasteiger partial charge >= 0.3 is 0 Å². The molecule has 0 N–H and O–H groups in total. The number of likely N-dealkylation sites (N-methyl/N-ethyl adjacent to an activating group) is 1. The van der Waals surface area contributed by atoms with Crippen LogP contribution < -0.4 is 0 Å². The van der Waals surface area contributed by atoms with E-state index in [9.17, 15) is 4.79 Å². The van der Waals surface area contributed by atoms with Crippen LogP contribution in [0, 0.1) is 0 Å². The quantitative estimate of drug-likeness (QED) is 0.870. The SMILES string of the molecule is CN1CCC[C@H]1[C@@H]1CCCN1C(=O)Cc1cn2ccccc2n1. The zero-order chi connectivity index (χ0) is 15.8. The Hall–Kier alpha value is -1.88. The van der Waals surface area contributed by atoms with E-state index in [1.165, 1.54) is 12.8 Å². The number of amides is 1. The molecule has 5 heteroatoms. The highest BCUT2D eigenvalue weighted by Crippen LogP contribution is 2.29. The maximum absolute atomic E-state index is 12.8. The smallest absolute Gasteiger partial charge is 0.228 e. The average molecular weight is 312 g/mol. The third kappa shape index (κ3) is 2.74. The summed E-state index contributed by atoms with van der Waals surface area (Å²) < 4.78 is 1.98. The van der Waals surface area contributed by atoms with Crippen molar-refractivity contribution in [1.82, 2.24) is 19.2 Å². The summed E-state index contributed by atoms with van der Waals surface area (Å²) in [5.74, 6) is 0.233. The number of likely N-dealkylation sites (tertiary alicyclic amines) is 2. The number of hydrogen-bond acceptors (Lipinski definition) is 3. The molecule has 0 aromatic carbocycles. The zero-order valence-corrected chi connectivity index (χ0v) is 13.7. The lowest BCUT2D eigenvalue weighted by atomic mass is 10.0. The highest BCUT2D eigenvalue weighted by atomic mass is 16.2. The van der Waals surface area contributed by atoms with Crippen molar-refractivity contribution in [3.63, 3.8) is 0 Å². The molecule has 2 atom stereocenters. The van der Waals surface area contributed by atoms with Crippen LogP contribution in [0.5, 0.6) is 0 Å². The molecule has 4 rings (SSSR count). The van der Waals surface area contributed by atoms with Gasteiger partial charge in [0, 0.05) is 31.0 Å². The van der Waals surface area contributed by atoms with E-state index in [2.05, 4.69) is 21.8 Å². The van der Waals surface area contributed by atoms with Crippen molar-refractivity contribution in [1.29, 1.82) is 0 Å². The number of imidazole rings is 1. The molecule has 122 valence electrons. The molecule has 0 unspecified atom stereocenters. The molecule has 1 amide bonds. The standard InChI is InChI=1S/C18H24N4O/c1-20-9-4-6-15(20)16-7-5-11-22(16)18(23)12-14-13-21-10-3-2-8-17(21)19-14/h2-3,8,10,13,15-16H,4-7,9,11-12H2,1H3/t15-,16-/m0/s1. The first-order chi connectivity index (χ1) is 11.2. The lowest BCUT2D eigenvalue weighted by molar-refractivity contribution is -0.132. The maximum atomic E-state index is 12.8. The number of aromatic nitrogens is 2. The van der Waals surface area contributed by atoms with E-state index >= 15 is 0 Å². The molecule has 0 radical (unpaired) electrons. The van der Waals surface area contributed by atoms with E-state index in [-0.39, 0.29) is 5.91 Å². The van der Waals surface area contributed by atoms with Crippen LogP contribution in [-0.2, 0) is 11.2 Å². The zero-order valence-electron chi connectivity index (χ0n) is 13.7. The third-order valence-electron chi connectivity index (χ3n) is 5.39. The number of fused-ring (bicyclic) bond motifs is 1. The predicted molar refractivity (Wildman–Crippen MR) is 89.3 cm³/mol. The number of pyridine rings is 1. The van der Waals surface area contributed by atoms with Gasteiger partial charge in [0.2, 0.25) is 5.91 Å². The second kappa shape index (κ2) is 5.96. The molecule has 4 heterocycles. The van der Waals surface area contributed by atoms with Gasteiger partial charge in [0.1, 0.15) is 5.65 Å². The van der Waals surface area contributed by atoms with Gasteiger partial charge in [-0.3, -0.25) is 4.79 Å². The fourth-order valence-electron chi connectivity index (χ4n) is 4.25. The largest absolute Gasteiger partial charge is 0.338 e. The highest BCUT2D eigenvalue weighted by Gasteiger charge is 2.38. The monoisotopic (exact) mass is 312 g/mol. The minimum atomic E-state index is 0.233. The summed E-state index contributed by atoms with van der Waals surface area (Å²) in [7, 11) is 2.20. The Bertz CT molecular complexity index is 677. The van der Waals surface area contributed by atoms with Crippen LogP contribution in [0.2, 0.25) is 0 Å². The summed E-state index contributed by atoms with van der Waals surface area (Å²) in [6.45, 7) is 2.07. The van der Waals surface area contributed by atoms with Crippen LogP contribution in [-0.4, -0.2) is 57.3 Å². The number of carbonyl (C=O) groups excluding carboxylic acids is 1. The van der Waals surface area contributed by atoms with Crippen molar-refractivity contribution < 1.29 is 4.79 Å². The number of carbonyl (C=O) groups is 1. The first-order valence-electron chi connectivity index (χ1n) is 8.65. The van der Waals surface area contributed by atoms with Gasteiger partial charge in [0.15, 0.2) is 0 Å². The van der Waals surface area contributed by atoms with E-state index in [0.29, 0.717) is 18.5 Å². The molecule has 2 aromatic rings. The molecule has 23 heavy (non-hydrogen) atoms. The summed E-state index contributed by atoms with van der Waals surface area (Å²) in [5.41, 5.74) is 1.77. The van der Waals surface area contributed by atoms with Crippen LogP contribution >= 0.6 is 0 Å². The summed E-state index contributed by atoms with van der Waals surface area (Å²) in [6.07, 6.45) is 9.11.